The molecule has 58 heavy (non-hydrogen) atoms. The van der Waals surface area contributed by atoms with Gasteiger partial charge in [-0.15, -0.1) is 0 Å². The first kappa shape index (κ1) is 34.2. The Morgan fingerprint density at radius 2 is 1.02 bits per heavy atom. The Labute approximate surface area is 334 Å². The number of para-hydroxylation sites is 1. The molecule has 1 aromatic heterocycles. The fraction of sp³-hybridized carbons (Fsp3) is 0. The van der Waals surface area contributed by atoms with E-state index in [0.717, 1.165) is 66.3 Å². The number of nitrogens with zero attached hydrogens (tertiary/aromatic N) is 4. The van der Waals surface area contributed by atoms with Crippen LogP contribution in [0.5, 0.6) is 0 Å². The summed E-state index contributed by atoms with van der Waals surface area (Å²) in [4.78, 5) is 35.1. The number of carbonyl (C=O) groups is 2. The average Bonchev–Trinajstić information content (AvgIpc) is 3.75. The van der Waals surface area contributed by atoms with Gasteiger partial charge in [-0.25, -0.2) is 9.74 Å². The molecule has 1 aliphatic rings. The molecule has 270 valence electrons. The van der Waals surface area contributed by atoms with Crippen molar-refractivity contribution in [1.82, 2.24) is 4.57 Å². The van der Waals surface area contributed by atoms with E-state index in [1.54, 1.807) is 18.2 Å². The van der Waals surface area contributed by atoms with E-state index in [2.05, 4.69) is 27.6 Å². The lowest BCUT2D eigenvalue weighted by Crippen LogP contribution is -2.30. The fourth-order valence-corrected chi connectivity index (χ4v) is 8.43. The molecule has 6 heteroatoms. The smallest absolute Gasteiger partial charge is 0.268 e. The van der Waals surface area contributed by atoms with Crippen molar-refractivity contribution in [1.29, 1.82) is 5.26 Å². The van der Waals surface area contributed by atoms with Crippen molar-refractivity contribution in [3.05, 3.63) is 210 Å². The molecule has 0 saturated carbocycles. The van der Waals surface area contributed by atoms with Gasteiger partial charge in [0.1, 0.15) is 0 Å². The van der Waals surface area contributed by atoms with Crippen LogP contribution in [0, 0.1) is 17.9 Å². The molecule has 8 aromatic carbocycles. The van der Waals surface area contributed by atoms with E-state index in [0.29, 0.717) is 33.8 Å². The number of fused-ring (bicyclic) bond motifs is 4. The van der Waals surface area contributed by atoms with Gasteiger partial charge >= 0.3 is 0 Å². The van der Waals surface area contributed by atoms with E-state index < -0.39 is 11.8 Å². The van der Waals surface area contributed by atoms with Gasteiger partial charge in [-0.3, -0.25) is 9.59 Å². The molecule has 0 unspecified atom stereocenters. The molecule has 0 aliphatic carbocycles. The van der Waals surface area contributed by atoms with Gasteiger partial charge in [-0.1, -0.05) is 146 Å². The van der Waals surface area contributed by atoms with E-state index in [1.165, 1.54) is 4.90 Å². The monoisotopic (exact) mass is 742 g/mol. The Bertz CT molecular complexity index is 3130. The number of nitriles is 1. The summed E-state index contributed by atoms with van der Waals surface area (Å²) < 4.78 is 2.05. The normalized spacial score (nSPS) is 12.1. The molecule has 6 nitrogen and oxygen atoms in total. The van der Waals surface area contributed by atoms with Gasteiger partial charge in [-0.2, -0.15) is 5.26 Å². The van der Waals surface area contributed by atoms with E-state index in [1.807, 2.05) is 152 Å². The molecular weight excluding hydrogens is 713 g/mol. The molecule has 0 radical (unpaired) electrons. The lowest BCUT2D eigenvalue weighted by Gasteiger charge is -2.22. The second-order valence-electron chi connectivity index (χ2n) is 14.2. The molecule has 0 atom stereocenters. The first-order chi connectivity index (χ1) is 28.6. The Hall–Kier alpha value is -8.32. The third kappa shape index (κ3) is 5.33. The minimum absolute atomic E-state index is 0.296. The molecule has 0 saturated heterocycles. The molecule has 0 bridgehead atoms. The van der Waals surface area contributed by atoms with E-state index in [-0.39, 0.29) is 0 Å². The summed E-state index contributed by atoms with van der Waals surface area (Å²) in [5.74, 6) is -0.825. The molecule has 10 rings (SSSR count). The van der Waals surface area contributed by atoms with Crippen LogP contribution in [0.4, 0.5) is 11.4 Å². The Morgan fingerprint density at radius 3 is 1.69 bits per heavy atom. The van der Waals surface area contributed by atoms with Crippen LogP contribution in [0.2, 0.25) is 0 Å². The van der Waals surface area contributed by atoms with Crippen LogP contribution in [-0.2, 0) is 0 Å². The van der Waals surface area contributed by atoms with Gasteiger partial charge < -0.3 is 4.57 Å². The number of anilines is 1. The lowest BCUT2D eigenvalue weighted by molar-refractivity contribution is 0.0926. The number of hydrogen-bond acceptors (Lipinski definition) is 3. The average molecular weight is 743 g/mol. The summed E-state index contributed by atoms with van der Waals surface area (Å²) in [6.45, 7) is 7.87. The maximum atomic E-state index is 15.2. The maximum absolute atomic E-state index is 15.2. The first-order valence-corrected chi connectivity index (χ1v) is 18.9. The van der Waals surface area contributed by atoms with Crippen LogP contribution in [0.3, 0.4) is 0 Å². The summed E-state index contributed by atoms with van der Waals surface area (Å²) in [7, 11) is 0. The second kappa shape index (κ2) is 13.8. The fourth-order valence-electron chi connectivity index (χ4n) is 8.43. The zero-order valence-corrected chi connectivity index (χ0v) is 30.9. The van der Waals surface area contributed by atoms with Crippen molar-refractivity contribution < 1.29 is 9.59 Å². The van der Waals surface area contributed by atoms with Crippen molar-refractivity contribution in [2.24, 2.45) is 0 Å². The standard InChI is InChI=1S/C52H30N4O2/c1-54-44-23-11-10-20-39(44)36-27-29-42-41-28-26-35(38-19-9-8-18-37(38)32-53)30-47(41)55(48(42)31-36)46-25-13-22-43-50(46)52(58)56(51(43)57)45-24-12-21-40(33-14-4-2-5-15-33)49(45)34-16-6-3-7-17-34/h2-31H. The number of hydrogen-bond donors (Lipinski definition) is 0. The van der Waals surface area contributed by atoms with Gasteiger partial charge in [0.15, 0.2) is 5.69 Å². The van der Waals surface area contributed by atoms with Crippen LogP contribution in [0.25, 0.3) is 76.8 Å². The van der Waals surface area contributed by atoms with Gasteiger partial charge in [0.2, 0.25) is 0 Å². The molecule has 2 amide bonds. The molecule has 0 N–H and O–H groups in total. The SMILES string of the molecule is [C-]#[N+]c1ccccc1-c1ccc2c3ccc(-c4ccccc4C#N)cc3n(-c3cccc4c3C(=O)N(c3cccc(-c5ccccc5)c3-c3ccccc3)C4=O)c2c1. The Balaban J connectivity index is 1.23. The number of imide groups is 1. The number of benzene rings is 8. The largest absolute Gasteiger partial charge is 0.308 e. The summed E-state index contributed by atoms with van der Waals surface area (Å²) in [5, 5.41) is 11.9. The molecule has 9 aromatic rings. The van der Waals surface area contributed by atoms with Gasteiger partial charge in [0.25, 0.3) is 11.8 Å². The van der Waals surface area contributed by atoms with E-state index in [4.69, 9.17) is 6.57 Å². The van der Waals surface area contributed by atoms with Gasteiger partial charge in [-0.05, 0) is 75.3 Å². The van der Waals surface area contributed by atoms with Crippen LogP contribution in [0.15, 0.2) is 182 Å². The van der Waals surface area contributed by atoms with Crippen molar-refractivity contribution in [3.63, 3.8) is 0 Å². The quantitative estimate of drug-likeness (QED) is 0.126. The molecule has 2 heterocycles. The number of rotatable bonds is 6. The summed E-state index contributed by atoms with van der Waals surface area (Å²) in [6.07, 6.45) is 0. The van der Waals surface area contributed by atoms with E-state index in [9.17, 15) is 10.1 Å². The molecular formula is C52H30N4O2. The van der Waals surface area contributed by atoms with Crippen LogP contribution in [0.1, 0.15) is 26.3 Å². The highest BCUT2D eigenvalue weighted by Gasteiger charge is 2.41. The van der Waals surface area contributed by atoms with Crippen molar-refractivity contribution in [2.75, 3.05) is 4.90 Å². The predicted octanol–water partition coefficient (Wildman–Crippen LogP) is 12.7. The zero-order chi connectivity index (χ0) is 39.3. The van der Waals surface area contributed by atoms with Crippen molar-refractivity contribution in [3.8, 4) is 56.3 Å². The lowest BCUT2D eigenvalue weighted by atomic mass is 9.92. The molecule has 0 spiro atoms. The highest BCUT2D eigenvalue weighted by molar-refractivity contribution is 6.37. The first-order valence-electron chi connectivity index (χ1n) is 18.9. The highest BCUT2D eigenvalue weighted by Crippen LogP contribution is 2.45. The molecule has 0 fully saturated rings. The zero-order valence-electron chi connectivity index (χ0n) is 30.9. The topological polar surface area (TPSA) is 70.5 Å². The van der Waals surface area contributed by atoms with Gasteiger partial charge in [0.05, 0.1) is 51.7 Å². The van der Waals surface area contributed by atoms with E-state index >= 15 is 4.79 Å². The highest BCUT2D eigenvalue weighted by atomic mass is 16.2. The summed E-state index contributed by atoms with van der Waals surface area (Å²) in [6, 6.07) is 60.6. The predicted molar refractivity (Wildman–Crippen MR) is 231 cm³/mol. The summed E-state index contributed by atoms with van der Waals surface area (Å²) in [5.41, 5.74) is 11.2. The van der Waals surface area contributed by atoms with Crippen LogP contribution in [-0.4, -0.2) is 16.4 Å². The van der Waals surface area contributed by atoms with Gasteiger partial charge in [0, 0.05) is 16.3 Å². The Kier molecular flexibility index (Phi) is 8.11. The van der Waals surface area contributed by atoms with Crippen molar-refractivity contribution >= 4 is 45.0 Å². The minimum atomic E-state index is -0.423. The number of aromatic nitrogens is 1. The second-order valence-corrected chi connectivity index (χ2v) is 14.2. The van der Waals surface area contributed by atoms with Crippen LogP contribution < -0.4 is 4.90 Å². The Morgan fingerprint density at radius 1 is 0.466 bits per heavy atom. The number of amides is 2. The minimum Gasteiger partial charge on any atom is -0.308 e. The third-order valence-electron chi connectivity index (χ3n) is 11.0. The van der Waals surface area contributed by atoms with Crippen LogP contribution >= 0.6 is 0 Å². The molecule has 1 aliphatic heterocycles. The van der Waals surface area contributed by atoms with Crippen molar-refractivity contribution in [2.45, 2.75) is 0 Å². The number of carbonyl (C=O) groups excluding carboxylic acids is 2. The summed E-state index contributed by atoms with van der Waals surface area (Å²) >= 11 is 0. The third-order valence-corrected chi connectivity index (χ3v) is 11.0. The maximum Gasteiger partial charge on any atom is 0.268 e.